The van der Waals surface area contributed by atoms with Gasteiger partial charge in [-0.1, -0.05) is 209 Å². The number of unbranched alkanes of at least 4 members (excludes halogenated alkanes) is 22. The minimum absolute atomic E-state index is 0.142. The van der Waals surface area contributed by atoms with Crippen molar-refractivity contribution >= 4 is 5.91 Å². The maximum absolute atomic E-state index is 13.0. The number of rotatable bonds is 42. The summed E-state index contributed by atoms with van der Waals surface area (Å²) in [5, 5.41) is 54.5. The molecular weight excluding hydrogens is 779 g/mol. The summed E-state index contributed by atoms with van der Waals surface area (Å²) in [6.07, 6.45) is 49.4. The molecule has 9 heteroatoms. The van der Waals surface area contributed by atoms with Crippen LogP contribution >= 0.6 is 0 Å². The average molecular weight is 874 g/mol. The van der Waals surface area contributed by atoms with Crippen molar-refractivity contribution in [3.8, 4) is 0 Å². The van der Waals surface area contributed by atoms with E-state index in [1.807, 2.05) is 0 Å². The first kappa shape index (κ1) is 57.9. The lowest BCUT2D eigenvalue weighted by Crippen LogP contribution is -2.60. The zero-order chi connectivity index (χ0) is 45.1. The van der Waals surface area contributed by atoms with Gasteiger partial charge in [0, 0.05) is 6.42 Å². The van der Waals surface area contributed by atoms with E-state index < -0.39 is 49.5 Å². The molecule has 360 valence electrons. The SMILES string of the molecule is CC/C=C\C/C=C\C/C=C\C/C=C\C/C=C\CCCCCCCCCCCC(=O)NC(COC1OC(CO)C(O)C(O)C1O)C(O)CCCCCCCCCCCCCCCC. The topological polar surface area (TPSA) is 149 Å². The molecule has 6 N–H and O–H groups in total. The van der Waals surface area contributed by atoms with Gasteiger partial charge in [0.2, 0.25) is 5.91 Å². The van der Waals surface area contributed by atoms with Gasteiger partial charge in [0.05, 0.1) is 25.4 Å². The highest BCUT2D eigenvalue weighted by Gasteiger charge is 2.44. The standard InChI is InChI=1S/C53H95NO8/c1-3-5-7-9-11-13-15-17-19-20-21-22-23-24-25-26-27-28-29-31-33-35-37-39-41-43-49(57)54-46(45-61-53-52(60)51(59)50(58)48(44-55)62-53)47(56)42-40-38-36-34-32-30-18-16-14-12-10-8-6-4-2/h5,7,11,13,17,19,21-22,24-25,46-48,50-53,55-56,58-60H,3-4,6,8-10,12,14-16,18,20,23,26-45H2,1-2H3,(H,54,57)/b7-5-,13-11-,19-17-,22-21-,25-24-. The molecule has 7 unspecified atom stereocenters. The monoisotopic (exact) mass is 874 g/mol. The second kappa shape index (κ2) is 42.8. The lowest BCUT2D eigenvalue weighted by molar-refractivity contribution is -0.302. The molecule has 7 atom stereocenters. The Morgan fingerprint density at radius 3 is 1.48 bits per heavy atom. The molecule has 1 fully saturated rings. The van der Waals surface area contributed by atoms with Crippen molar-refractivity contribution in [1.82, 2.24) is 5.32 Å². The van der Waals surface area contributed by atoms with Crippen LogP contribution in [0.4, 0.5) is 0 Å². The Morgan fingerprint density at radius 2 is 1.00 bits per heavy atom. The third-order valence-corrected chi connectivity index (χ3v) is 11.9. The fourth-order valence-corrected chi connectivity index (χ4v) is 7.83. The molecule has 0 spiro atoms. The predicted octanol–water partition coefficient (Wildman–Crippen LogP) is 11.6. The minimum Gasteiger partial charge on any atom is -0.394 e. The lowest BCUT2D eigenvalue weighted by atomic mass is 9.99. The number of carbonyl (C=O) groups is 1. The summed E-state index contributed by atoms with van der Waals surface area (Å²) in [6, 6.07) is -0.724. The summed E-state index contributed by atoms with van der Waals surface area (Å²) in [5.41, 5.74) is 0. The second-order valence-corrected chi connectivity index (χ2v) is 17.6. The molecule has 1 aliphatic rings. The second-order valence-electron chi connectivity index (χ2n) is 17.6. The van der Waals surface area contributed by atoms with Crippen molar-refractivity contribution in [3.05, 3.63) is 60.8 Å². The van der Waals surface area contributed by atoms with Gasteiger partial charge in [-0.3, -0.25) is 4.79 Å². The molecule has 0 aliphatic carbocycles. The molecule has 1 heterocycles. The van der Waals surface area contributed by atoms with E-state index in [0.717, 1.165) is 77.0 Å². The van der Waals surface area contributed by atoms with Gasteiger partial charge in [-0.2, -0.15) is 0 Å². The smallest absolute Gasteiger partial charge is 0.220 e. The van der Waals surface area contributed by atoms with Crippen molar-refractivity contribution in [2.24, 2.45) is 0 Å². The zero-order valence-corrected chi connectivity index (χ0v) is 39.6. The van der Waals surface area contributed by atoms with Gasteiger partial charge in [-0.05, 0) is 57.8 Å². The van der Waals surface area contributed by atoms with Gasteiger partial charge in [-0.25, -0.2) is 0 Å². The minimum atomic E-state index is -1.56. The number of ether oxygens (including phenoxy) is 2. The molecule has 0 radical (unpaired) electrons. The fraction of sp³-hybridized carbons (Fsp3) is 0.792. The van der Waals surface area contributed by atoms with Crippen molar-refractivity contribution in [1.29, 1.82) is 0 Å². The van der Waals surface area contributed by atoms with Gasteiger partial charge in [0.15, 0.2) is 6.29 Å². The van der Waals surface area contributed by atoms with Gasteiger partial charge >= 0.3 is 0 Å². The predicted molar refractivity (Wildman–Crippen MR) is 258 cm³/mol. The van der Waals surface area contributed by atoms with E-state index in [-0.39, 0.29) is 12.5 Å². The van der Waals surface area contributed by atoms with Crippen LogP contribution in [-0.2, 0) is 14.3 Å². The largest absolute Gasteiger partial charge is 0.394 e. The van der Waals surface area contributed by atoms with E-state index >= 15 is 0 Å². The molecule has 0 aromatic heterocycles. The molecule has 0 aromatic carbocycles. The highest BCUT2D eigenvalue weighted by atomic mass is 16.7. The third-order valence-electron chi connectivity index (χ3n) is 11.9. The van der Waals surface area contributed by atoms with E-state index in [4.69, 9.17) is 9.47 Å². The van der Waals surface area contributed by atoms with Crippen LogP contribution < -0.4 is 5.32 Å². The molecule has 0 aromatic rings. The molecule has 0 saturated carbocycles. The van der Waals surface area contributed by atoms with Crippen LogP contribution in [0.15, 0.2) is 60.8 Å². The summed E-state index contributed by atoms with van der Waals surface area (Å²) in [6.45, 7) is 3.72. The maximum Gasteiger partial charge on any atom is 0.220 e. The van der Waals surface area contributed by atoms with Gasteiger partial charge in [-0.15, -0.1) is 0 Å². The van der Waals surface area contributed by atoms with E-state index in [0.29, 0.717) is 12.8 Å². The summed E-state index contributed by atoms with van der Waals surface area (Å²) in [7, 11) is 0. The average Bonchev–Trinajstić information content (AvgIpc) is 3.27. The zero-order valence-electron chi connectivity index (χ0n) is 39.6. The number of hydrogen-bond acceptors (Lipinski definition) is 8. The van der Waals surface area contributed by atoms with Crippen molar-refractivity contribution in [2.45, 2.75) is 256 Å². The first-order valence-corrected chi connectivity index (χ1v) is 25.5. The molecule has 0 bridgehead atoms. The lowest BCUT2D eigenvalue weighted by Gasteiger charge is -2.40. The summed E-state index contributed by atoms with van der Waals surface area (Å²) in [5.74, 6) is -0.153. The van der Waals surface area contributed by atoms with E-state index in [1.54, 1.807) is 0 Å². The van der Waals surface area contributed by atoms with Crippen LogP contribution in [0.5, 0.6) is 0 Å². The maximum atomic E-state index is 13.0. The van der Waals surface area contributed by atoms with E-state index in [1.165, 1.54) is 109 Å². The van der Waals surface area contributed by atoms with Crippen molar-refractivity contribution in [3.63, 3.8) is 0 Å². The Kier molecular flexibility index (Phi) is 40.0. The number of hydrogen-bond donors (Lipinski definition) is 6. The Bertz CT molecular complexity index is 1150. The summed E-state index contributed by atoms with van der Waals surface area (Å²) >= 11 is 0. The van der Waals surface area contributed by atoms with Crippen LogP contribution in [-0.4, -0.2) is 87.5 Å². The Balaban J connectivity index is 2.25. The van der Waals surface area contributed by atoms with Gasteiger partial charge < -0.3 is 40.3 Å². The van der Waals surface area contributed by atoms with Crippen LogP contribution in [0.2, 0.25) is 0 Å². The molecular formula is C53H95NO8. The first-order chi connectivity index (χ1) is 30.3. The van der Waals surface area contributed by atoms with Crippen LogP contribution in [0.1, 0.15) is 213 Å². The molecule has 1 saturated heterocycles. The first-order valence-electron chi connectivity index (χ1n) is 25.5. The highest BCUT2D eigenvalue weighted by Crippen LogP contribution is 2.23. The number of nitrogens with one attached hydrogen (secondary N) is 1. The Labute approximate surface area is 379 Å². The third kappa shape index (κ3) is 32.5. The van der Waals surface area contributed by atoms with Crippen molar-refractivity contribution < 1.29 is 39.8 Å². The fourth-order valence-electron chi connectivity index (χ4n) is 7.83. The summed E-state index contributed by atoms with van der Waals surface area (Å²) < 4.78 is 11.3. The van der Waals surface area contributed by atoms with Crippen molar-refractivity contribution in [2.75, 3.05) is 13.2 Å². The van der Waals surface area contributed by atoms with Gasteiger partial charge in [0.25, 0.3) is 0 Å². The normalized spacial score (nSPS) is 20.8. The quantitative estimate of drug-likeness (QED) is 0.0262. The molecule has 1 aliphatic heterocycles. The highest BCUT2D eigenvalue weighted by molar-refractivity contribution is 5.76. The van der Waals surface area contributed by atoms with Crippen LogP contribution in [0.25, 0.3) is 0 Å². The van der Waals surface area contributed by atoms with E-state index in [2.05, 4.69) is 79.9 Å². The van der Waals surface area contributed by atoms with E-state index in [9.17, 15) is 30.3 Å². The number of amides is 1. The Morgan fingerprint density at radius 1 is 0.565 bits per heavy atom. The molecule has 1 rings (SSSR count). The van der Waals surface area contributed by atoms with Crippen LogP contribution in [0, 0.1) is 0 Å². The van der Waals surface area contributed by atoms with Gasteiger partial charge in [0.1, 0.15) is 24.4 Å². The summed E-state index contributed by atoms with van der Waals surface area (Å²) in [4.78, 5) is 13.0. The molecule has 9 nitrogen and oxygen atoms in total. The number of allylic oxidation sites excluding steroid dienone is 10. The number of aliphatic hydroxyl groups excluding tert-OH is 5. The Hall–Kier alpha value is -2.11. The number of carbonyl (C=O) groups excluding carboxylic acids is 1. The molecule has 62 heavy (non-hydrogen) atoms. The number of aliphatic hydroxyl groups is 5. The molecule has 1 amide bonds. The van der Waals surface area contributed by atoms with Crippen LogP contribution in [0.3, 0.4) is 0 Å².